The first-order chi connectivity index (χ1) is 8.63. The summed E-state index contributed by atoms with van der Waals surface area (Å²) < 4.78 is 1.20. The molecule has 18 heavy (non-hydrogen) atoms. The van der Waals surface area contributed by atoms with Crippen molar-refractivity contribution in [2.45, 2.75) is 57.2 Å². The standard InChI is InChI=1S/C14H23BrN2S/c1-3-11(16)14(12-8-9-13(15)18-12)17(2)10-6-4-5-7-10/h8-11,14H,3-7,16H2,1-2H3. The smallest absolute Gasteiger partial charge is 0.0702 e. The molecule has 0 aromatic carbocycles. The summed E-state index contributed by atoms with van der Waals surface area (Å²) in [6.45, 7) is 2.18. The third-order valence-electron chi connectivity index (χ3n) is 4.10. The van der Waals surface area contributed by atoms with Crippen LogP contribution in [0.3, 0.4) is 0 Å². The van der Waals surface area contributed by atoms with E-state index in [9.17, 15) is 0 Å². The highest BCUT2D eigenvalue weighted by atomic mass is 79.9. The van der Waals surface area contributed by atoms with Crippen LogP contribution in [0.25, 0.3) is 0 Å². The van der Waals surface area contributed by atoms with Gasteiger partial charge in [0.25, 0.3) is 0 Å². The van der Waals surface area contributed by atoms with Crippen molar-refractivity contribution in [3.8, 4) is 0 Å². The number of nitrogens with zero attached hydrogens (tertiary/aromatic N) is 1. The van der Waals surface area contributed by atoms with Gasteiger partial charge in [0, 0.05) is 17.0 Å². The van der Waals surface area contributed by atoms with Crippen molar-refractivity contribution in [3.63, 3.8) is 0 Å². The van der Waals surface area contributed by atoms with E-state index in [1.807, 2.05) is 11.3 Å². The molecule has 0 radical (unpaired) electrons. The Bertz CT molecular complexity index is 374. The van der Waals surface area contributed by atoms with E-state index in [1.54, 1.807) is 0 Å². The van der Waals surface area contributed by atoms with Gasteiger partial charge in [0.05, 0.1) is 9.83 Å². The van der Waals surface area contributed by atoms with Gasteiger partial charge in [-0.15, -0.1) is 11.3 Å². The summed E-state index contributed by atoms with van der Waals surface area (Å²) in [5, 5.41) is 0. The summed E-state index contributed by atoms with van der Waals surface area (Å²) in [4.78, 5) is 3.92. The highest BCUT2D eigenvalue weighted by Crippen LogP contribution is 2.36. The van der Waals surface area contributed by atoms with Crippen molar-refractivity contribution in [1.82, 2.24) is 4.90 Å². The molecule has 1 aromatic heterocycles. The molecule has 1 heterocycles. The van der Waals surface area contributed by atoms with Gasteiger partial charge in [0.15, 0.2) is 0 Å². The molecule has 2 atom stereocenters. The van der Waals surface area contributed by atoms with Crippen LogP contribution >= 0.6 is 27.3 Å². The average molecular weight is 331 g/mol. The van der Waals surface area contributed by atoms with E-state index in [1.165, 1.54) is 34.3 Å². The van der Waals surface area contributed by atoms with Gasteiger partial charge in [-0.2, -0.15) is 0 Å². The van der Waals surface area contributed by atoms with Crippen LogP contribution in [0.2, 0.25) is 0 Å². The lowest BCUT2D eigenvalue weighted by atomic mass is 10.0. The van der Waals surface area contributed by atoms with E-state index in [0.717, 1.165) is 6.42 Å². The Morgan fingerprint density at radius 3 is 2.61 bits per heavy atom. The number of halogens is 1. The van der Waals surface area contributed by atoms with Crippen LogP contribution in [0.5, 0.6) is 0 Å². The Morgan fingerprint density at radius 1 is 1.44 bits per heavy atom. The van der Waals surface area contributed by atoms with Crippen LogP contribution in [-0.4, -0.2) is 24.0 Å². The molecule has 0 aliphatic heterocycles. The number of hydrogen-bond acceptors (Lipinski definition) is 3. The molecule has 1 aliphatic rings. The van der Waals surface area contributed by atoms with Gasteiger partial charge >= 0.3 is 0 Å². The number of hydrogen-bond donors (Lipinski definition) is 1. The largest absolute Gasteiger partial charge is 0.326 e. The van der Waals surface area contributed by atoms with E-state index >= 15 is 0 Å². The van der Waals surface area contributed by atoms with E-state index in [2.05, 4.69) is 46.9 Å². The van der Waals surface area contributed by atoms with Gasteiger partial charge < -0.3 is 5.73 Å². The minimum absolute atomic E-state index is 0.223. The molecule has 0 bridgehead atoms. The predicted molar refractivity (Wildman–Crippen MR) is 83.0 cm³/mol. The summed E-state index contributed by atoms with van der Waals surface area (Å²) >= 11 is 5.38. The molecule has 2 nitrogen and oxygen atoms in total. The van der Waals surface area contributed by atoms with Crippen LogP contribution in [0.4, 0.5) is 0 Å². The molecule has 1 aromatic rings. The van der Waals surface area contributed by atoms with Crippen molar-refractivity contribution >= 4 is 27.3 Å². The maximum atomic E-state index is 6.38. The molecule has 1 aliphatic carbocycles. The van der Waals surface area contributed by atoms with Crippen molar-refractivity contribution in [3.05, 3.63) is 20.8 Å². The molecule has 0 spiro atoms. The molecule has 4 heteroatoms. The zero-order valence-corrected chi connectivity index (χ0v) is 13.6. The lowest BCUT2D eigenvalue weighted by Crippen LogP contribution is -2.42. The summed E-state index contributed by atoms with van der Waals surface area (Å²) in [5.74, 6) is 0. The highest BCUT2D eigenvalue weighted by Gasteiger charge is 2.30. The van der Waals surface area contributed by atoms with Crippen LogP contribution in [0, 0.1) is 0 Å². The van der Waals surface area contributed by atoms with Gasteiger partial charge in [0.2, 0.25) is 0 Å². The Kier molecular flexibility index (Phi) is 5.24. The van der Waals surface area contributed by atoms with E-state index in [-0.39, 0.29) is 6.04 Å². The second-order valence-corrected chi connectivity index (χ2v) is 7.76. The molecule has 2 unspecified atom stereocenters. The first kappa shape index (κ1) is 14.5. The first-order valence-electron chi connectivity index (χ1n) is 6.86. The van der Waals surface area contributed by atoms with Crippen LogP contribution in [-0.2, 0) is 0 Å². The monoisotopic (exact) mass is 330 g/mol. The molecule has 0 saturated heterocycles. The average Bonchev–Trinajstić information content (AvgIpc) is 3.00. The first-order valence-corrected chi connectivity index (χ1v) is 8.47. The van der Waals surface area contributed by atoms with Crippen molar-refractivity contribution in [2.24, 2.45) is 5.73 Å². The summed E-state index contributed by atoms with van der Waals surface area (Å²) in [6, 6.07) is 5.67. The Labute approximate surface area is 123 Å². The molecule has 0 amide bonds. The zero-order valence-electron chi connectivity index (χ0n) is 11.2. The van der Waals surface area contributed by atoms with Gasteiger partial charge in [-0.3, -0.25) is 4.90 Å². The maximum absolute atomic E-state index is 6.38. The fourth-order valence-electron chi connectivity index (χ4n) is 2.96. The third-order valence-corrected chi connectivity index (χ3v) is 5.80. The SMILES string of the molecule is CCC(N)C(c1ccc(Br)s1)N(C)C1CCCC1. The molecule has 1 saturated carbocycles. The Hall–Kier alpha value is 0.1000. The fraction of sp³-hybridized carbons (Fsp3) is 0.714. The molecule has 2 rings (SSSR count). The van der Waals surface area contributed by atoms with Gasteiger partial charge in [-0.25, -0.2) is 0 Å². The number of likely N-dealkylation sites (N-methyl/N-ethyl adjacent to an activating group) is 1. The van der Waals surface area contributed by atoms with Crippen molar-refractivity contribution < 1.29 is 0 Å². The topological polar surface area (TPSA) is 29.3 Å². The van der Waals surface area contributed by atoms with Crippen LogP contribution in [0.1, 0.15) is 49.9 Å². The summed E-state index contributed by atoms with van der Waals surface area (Å²) in [6.07, 6.45) is 6.43. The second kappa shape index (κ2) is 6.51. The minimum Gasteiger partial charge on any atom is -0.326 e. The van der Waals surface area contributed by atoms with Gasteiger partial charge in [-0.05, 0) is 54.4 Å². The quantitative estimate of drug-likeness (QED) is 0.878. The lowest BCUT2D eigenvalue weighted by Gasteiger charge is -2.36. The Balaban J connectivity index is 2.18. The molecule has 102 valence electrons. The van der Waals surface area contributed by atoms with Crippen molar-refractivity contribution in [2.75, 3.05) is 7.05 Å². The molecule has 2 N–H and O–H groups in total. The van der Waals surface area contributed by atoms with Gasteiger partial charge in [0.1, 0.15) is 0 Å². The molecular formula is C14H23BrN2S. The number of thiophene rings is 1. The molecular weight excluding hydrogens is 308 g/mol. The summed E-state index contributed by atoms with van der Waals surface area (Å²) in [7, 11) is 2.25. The van der Waals surface area contributed by atoms with Crippen LogP contribution in [0.15, 0.2) is 15.9 Å². The minimum atomic E-state index is 0.223. The molecule has 1 fully saturated rings. The predicted octanol–water partition coefficient (Wildman–Crippen LogP) is 4.16. The Morgan fingerprint density at radius 2 is 2.11 bits per heavy atom. The van der Waals surface area contributed by atoms with E-state index < -0.39 is 0 Å². The maximum Gasteiger partial charge on any atom is 0.0702 e. The number of nitrogens with two attached hydrogens (primary N) is 1. The van der Waals surface area contributed by atoms with E-state index in [4.69, 9.17) is 5.73 Å². The number of rotatable bonds is 5. The normalized spacial score (nSPS) is 20.5. The van der Waals surface area contributed by atoms with Crippen LogP contribution < -0.4 is 5.73 Å². The third kappa shape index (κ3) is 3.16. The van der Waals surface area contributed by atoms with Crippen molar-refractivity contribution in [1.29, 1.82) is 0 Å². The second-order valence-electron chi connectivity index (χ2n) is 5.26. The van der Waals surface area contributed by atoms with Gasteiger partial charge in [-0.1, -0.05) is 19.8 Å². The summed E-state index contributed by atoms with van der Waals surface area (Å²) in [5.41, 5.74) is 6.38. The lowest BCUT2D eigenvalue weighted by molar-refractivity contribution is 0.153. The zero-order chi connectivity index (χ0) is 13.1. The fourth-order valence-corrected chi connectivity index (χ4v) is 4.61. The highest BCUT2D eigenvalue weighted by molar-refractivity contribution is 9.11. The van der Waals surface area contributed by atoms with E-state index in [0.29, 0.717) is 12.1 Å².